The Morgan fingerprint density at radius 2 is 2.35 bits per heavy atom. The van der Waals surface area contributed by atoms with E-state index in [2.05, 4.69) is 17.2 Å². The van der Waals surface area contributed by atoms with Gasteiger partial charge in [-0.1, -0.05) is 6.92 Å². The fourth-order valence-electron chi connectivity index (χ4n) is 1.98. The van der Waals surface area contributed by atoms with Crippen LogP contribution in [0.25, 0.3) is 0 Å². The highest BCUT2D eigenvalue weighted by Gasteiger charge is 2.19. The molecule has 2 amide bonds. The van der Waals surface area contributed by atoms with Crippen LogP contribution in [0.5, 0.6) is 0 Å². The van der Waals surface area contributed by atoms with E-state index < -0.39 is 0 Å². The van der Waals surface area contributed by atoms with Gasteiger partial charge in [0.15, 0.2) is 0 Å². The maximum Gasteiger partial charge on any atom is 0.317 e. The van der Waals surface area contributed by atoms with Crippen molar-refractivity contribution in [3.63, 3.8) is 0 Å². The summed E-state index contributed by atoms with van der Waals surface area (Å²) in [7, 11) is 0. The SMILES string of the molecule is CC1CCN(C(=O)NCCc2cscn2)CC1. The van der Waals surface area contributed by atoms with Gasteiger partial charge in [-0.05, 0) is 18.8 Å². The first kappa shape index (κ1) is 12.4. The Hall–Kier alpha value is -1.10. The van der Waals surface area contributed by atoms with E-state index in [-0.39, 0.29) is 6.03 Å². The maximum atomic E-state index is 11.8. The standard InChI is InChI=1S/C12H19N3OS/c1-10-3-6-15(7-4-10)12(16)13-5-2-11-8-17-9-14-11/h8-10H,2-7H2,1H3,(H,13,16). The second kappa shape index (κ2) is 6.00. The fraction of sp³-hybridized carbons (Fsp3) is 0.667. The number of carbonyl (C=O) groups excluding carboxylic acids is 1. The Balaban J connectivity index is 1.67. The summed E-state index contributed by atoms with van der Waals surface area (Å²) in [6.45, 7) is 4.71. The largest absolute Gasteiger partial charge is 0.338 e. The first-order chi connectivity index (χ1) is 8.25. The summed E-state index contributed by atoms with van der Waals surface area (Å²) in [6.07, 6.45) is 3.07. The van der Waals surface area contributed by atoms with Crippen LogP contribution < -0.4 is 5.32 Å². The monoisotopic (exact) mass is 253 g/mol. The number of nitrogens with zero attached hydrogens (tertiary/aromatic N) is 2. The molecule has 1 aliphatic heterocycles. The van der Waals surface area contributed by atoms with E-state index in [1.165, 1.54) is 0 Å². The van der Waals surface area contributed by atoms with Crippen molar-refractivity contribution in [2.45, 2.75) is 26.2 Å². The van der Waals surface area contributed by atoms with Crippen molar-refractivity contribution in [3.8, 4) is 0 Å². The number of piperidine rings is 1. The maximum absolute atomic E-state index is 11.8. The van der Waals surface area contributed by atoms with Crippen molar-refractivity contribution in [3.05, 3.63) is 16.6 Å². The third-order valence-electron chi connectivity index (χ3n) is 3.21. The lowest BCUT2D eigenvalue weighted by Gasteiger charge is -2.30. The number of urea groups is 1. The molecule has 0 unspecified atom stereocenters. The van der Waals surface area contributed by atoms with Crippen LogP contribution >= 0.6 is 11.3 Å². The van der Waals surface area contributed by atoms with E-state index in [4.69, 9.17) is 0 Å². The van der Waals surface area contributed by atoms with Crippen LogP contribution in [0.2, 0.25) is 0 Å². The van der Waals surface area contributed by atoms with Gasteiger partial charge in [-0.2, -0.15) is 0 Å². The summed E-state index contributed by atoms with van der Waals surface area (Å²) in [5, 5.41) is 4.98. The predicted octanol–water partition coefficient (Wildman–Crippen LogP) is 2.13. The van der Waals surface area contributed by atoms with Crippen LogP contribution in [-0.4, -0.2) is 35.5 Å². The van der Waals surface area contributed by atoms with Gasteiger partial charge in [-0.15, -0.1) is 11.3 Å². The van der Waals surface area contributed by atoms with Crippen molar-refractivity contribution in [2.75, 3.05) is 19.6 Å². The quantitative estimate of drug-likeness (QED) is 0.897. The smallest absolute Gasteiger partial charge is 0.317 e. The van der Waals surface area contributed by atoms with Crippen LogP contribution in [0.3, 0.4) is 0 Å². The Morgan fingerprint density at radius 3 is 3.00 bits per heavy atom. The molecule has 0 atom stereocenters. The molecule has 2 heterocycles. The average molecular weight is 253 g/mol. The van der Waals surface area contributed by atoms with Gasteiger partial charge in [0.1, 0.15) is 0 Å². The van der Waals surface area contributed by atoms with Gasteiger partial charge >= 0.3 is 6.03 Å². The van der Waals surface area contributed by atoms with Gasteiger partial charge in [0.25, 0.3) is 0 Å². The molecule has 17 heavy (non-hydrogen) atoms. The first-order valence-electron chi connectivity index (χ1n) is 6.15. The minimum absolute atomic E-state index is 0.0760. The van der Waals surface area contributed by atoms with Crippen LogP contribution in [0, 0.1) is 5.92 Å². The van der Waals surface area contributed by atoms with E-state index >= 15 is 0 Å². The molecule has 94 valence electrons. The van der Waals surface area contributed by atoms with Crippen molar-refractivity contribution >= 4 is 17.4 Å². The lowest BCUT2D eigenvalue weighted by molar-refractivity contribution is 0.174. The molecule has 0 aliphatic carbocycles. The first-order valence-corrected chi connectivity index (χ1v) is 7.10. The Labute approximate surface area is 106 Å². The molecule has 1 aromatic rings. The van der Waals surface area contributed by atoms with E-state index in [9.17, 15) is 4.79 Å². The normalized spacial score (nSPS) is 17.1. The van der Waals surface area contributed by atoms with Gasteiger partial charge < -0.3 is 10.2 Å². The average Bonchev–Trinajstić information content (AvgIpc) is 2.83. The number of amides is 2. The zero-order valence-electron chi connectivity index (χ0n) is 10.2. The third kappa shape index (κ3) is 3.70. The molecule has 5 heteroatoms. The number of likely N-dealkylation sites (tertiary alicyclic amines) is 1. The van der Waals surface area contributed by atoms with Crippen molar-refractivity contribution in [1.29, 1.82) is 0 Å². The lowest BCUT2D eigenvalue weighted by Crippen LogP contribution is -2.44. The highest BCUT2D eigenvalue weighted by molar-refractivity contribution is 7.07. The predicted molar refractivity (Wildman–Crippen MR) is 69.2 cm³/mol. The van der Waals surface area contributed by atoms with Gasteiger partial charge in [-0.3, -0.25) is 0 Å². The van der Waals surface area contributed by atoms with Gasteiger partial charge in [0, 0.05) is 31.4 Å². The van der Waals surface area contributed by atoms with E-state index in [0.29, 0.717) is 6.54 Å². The Morgan fingerprint density at radius 1 is 1.59 bits per heavy atom. The highest BCUT2D eigenvalue weighted by Crippen LogP contribution is 2.15. The highest BCUT2D eigenvalue weighted by atomic mass is 32.1. The molecule has 4 nitrogen and oxygen atoms in total. The van der Waals surface area contributed by atoms with Crippen LogP contribution in [0.15, 0.2) is 10.9 Å². The molecule has 0 saturated carbocycles. The number of hydrogen-bond donors (Lipinski definition) is 1. The lowest BCUT2D eigenvalue weighted by atomic mass is 10.00. The number of thiazole rings is 1. The zero-order valence-corrected chi connectivity index (χ0v) is 11.0. The second-order valence-corrected chi connectivity index (χ2v) is 5.35. The van der Waals surface area contributed by atoms with Crippen molar-refractivity contribution < 1.29 is 4.79 Å². The van der Waals surface area contributed by atoms with Crippen LogP contribution in [0.4, 0.5) is 4.79 Å². The molecule has 0 radical (unpaired) electrons. The van der Waals surface area contributed by atoms with Gasteiger partial charge in [0.05, 0.1) is 11.2 Å². The summed E-state index contributed by atoms with van der Waals surface area (Å²) in [4.78, 5) is 17.9. The molecule has 0 bridgehead atoms. The summed E-state index contributed by atoms with van der Waals surface area (Å²) >= 11 is 1.59. The molecule has 1 aliphatic rings. The molecule has 2 rings (SSSR count). The summed E-state index contributed by atoms with van der Waals surface area (Å²) in [6, 6.07) is 0.0760. The second-order valence-electron chi connectivity index (χ2n) is 4.63. The number of rotatable bonds is 3. The Kier molecular flexibility index (Phi) is 4.36. The molecule has 1 fully saturated rings. The van der Waals surface area contributed by atoms with Gasteiger partial charge in [-0.25, -0.2) is 9.78 Å². The van der Waals surface area contributed by atoms with E-state index in [1.54, 1.807) is 11.3 Å². The van der Waals surface area contributed by atoms with Gasteiger partial charge in [0.2, 0.25) is 0 Å². The molecule has 1 saturated heterocycles. The molecular weight excluding hydrogens is 234 g/mol. The van der Waals surface area contributed by atoms with Crippen LogP contribution in [-0.2, 0) is 6.42 Å². The molecular formula is C12H19N3OS. The molecule has 1 aromatic heterocycles. The number of carbonyl (C=O) groups is 1. The summed E-state index contributed by atoms with van der Waals surface area (Å²) in [5.41, 5.74) is 2.88. The molecule has 1 N–H and O–H groups in total. The summed E-state index contributed by atoms with van der Waals surface area (Å²) < 4.78 is 0. The zero-order chi connectivity index (χ0) is 12.1. The summed E-state index contributed by atoms with van der Waals surface area (Å²) in [5.74, 6) is 0.758. The molecule has 0 aromatic carbocycles. The van der Waals surface area contributed by atoms with Crippen molar-refractivity contribution in [2.24, 2.45) is 5.92 Å². The third-order valence-corrected chi connectivity index (χ3v) is 3.85. The Bertz CT molecular complexity index is 345. The molecule has 0 spiro atoms. The minimum atomic E-state index is 0.0760. The topological polar surface area (TPSA) is 45.2 Å². The van der Waals surface area contributed by atoms with E-state index in [1.807, 2.05) is 15.8 Å². The van der Waals surface area contributed by atoms with Crippen molar-refractivity contribution in [1.82, 2.24) is 15.2 Å². The number of nitrogens with one attached hydrogen (secondary N) is 1. The number of aromatic nitrogens is 1. The number of hydrogen-bond acceptors (Lipinski definition) is 3. The van der Waals surface area contributed by atoms with E-state index in [0.717, 1.165) is 44.0 Å². The van der Waals surface area contributed by atoms with Crippen LogP contribution in [0.1, 0.15) is 25.5 Å². The fourth-order valence-corrected chi connectivity index (χ4v) is 2.57. The minimum Gasteiger partial charge on any atom is -0.338 e.